The second-order valence-corrected chi connectivity index (χ2v) is 2.99. The first-order valence-corrected chi connectivity index (χ1v) is 5.03. The Balaban J connectivity index is 2.86. The third-order valence-electron chi connectivity index (χ3n) is 1.90. The number of hydrogen-bond acceptors (Lipinski definition) is 6. The minimum Gasteiger partial charge on any atom is -0.370 e. The van der Waals surface area contributed by atoms with E-state index in [1.807, 2.05) is 13.0 Å². The molecule has 3 N–H and O–H groups in total. The molecular weight excluding hydrogens is 204 g/mol. The molecule has 0 fully saturated rings. The molecule has 0 atom stereocenters. The molecule has 6 nitrogen and oxygen atoms in total. The second kappa shape index (κ2) is 6.35. The standard InChI is InChI=1S/C10H14N6/c1-2-13-9-8(6-12)10(16-7-15-9)14-5-3-4-11/h6-7,12H,2-3,5H2,1H3,(H2,13,14,15,16). The number of anilines is 2. The zero-order valence-electron chi connectivity index (χ0n) is 9.12. The Bertz CT molecular complexity index is 395. The van der Waals surface area contributed by atoms with Gasteiger partial charge in [0.1, 0.15) is 18.0 Å². The maximum absolute atomic E-state index is 8.43. The molecule has 0 saturated carbocycles. The van der Waals surface area contributed by atoms with Crippen LogP contribution in [0.4, 0.5) is 11.6 Å². The lowest BCUT2D eigenvalue weighted by Crippen LogP contribution is -2.10. The highest BCUT2D eigenvalue weighted by Crippen LogP contribution is 2.16. The van der Waals surface area contributed by atoms with Crippen molar-refractivity contribution in [3.63, 3.8) is 0 Å². The monoisotopic (exact) mass is 218 g/mol. The Morgan fingerprint density at radius 2 is 2.12 bits per heavy atom. The van der Waals surface area contributed by atoms with Gasteiger partial charge in [-0.15, -0.1) is 0 Å². The zero-order valence-corrected chi connectivity index (χ0v) is 9.12. The third kappa shape index (κ3) is 2.92. The van der Waals surface area contributed by atoms with Gasteiger partial charge in [0.15, 0.2) is 0 Å². The molecule has 6 heteroatoms. The third-order valence-corrected chi connectivity index (χ3v) is 1.90. The lowest BCUT2D eigenvalue weighted by Gasteiger charge is -2.10. The first-order valence-electron chi connectivity index (χ1n) is 5.03. The molecule has 0 amide bonds. The Morgan fingerprint density at radius 1 is 1.44 bits per heavy atom. The maximum atomic E-state index is 8.43. The quantitative estimate of drug-likeness (QED) is 0.493. The van der Waals surface area contributed by atoms with Gasteiger partial charge >= 0.3 is 0 Å². The van der Waals surface area contributed by atoms with Crippen molar-refractivity contribution in [2.45, 2.75) is 13.3 Å². The summed E-state index contributed by atoms with van der Waals surface area (Å²) in [7, 11) is 0. The van der Waals surface area contributed by atoms with Gasteiger partial charge in [-0.05, 0) is 6.92 Å². The normalized spacial score (nSPS) is 9.25. The van der Waals surface area contributed by atoms with E-state index < -0.39 is 0 Å². The number of rotatable bonds is 6. The molecule has 1 aromatic heterocycles. The zero-order chi connectivity index (χ0) is 11.8. The van der Waals surface area contributed by atoms with Crippen LogP contribution in [-0.2, 0) is 0 Å². The number of nitriles is 1. The van der Waals surface area contributed by atoms with Crippen molar-refractivity contribution < 1.29 is 0 Å². The van der Waals surface area contributed by atoms with Crippen LogP contribution >= 0.6 is 0 Å². The van der Waals surface area contributed by atoms with Crippen LogP contribution in [0.3, 0.4) is 0 Å². The van der Waals surface area contributed by atoms with Gasteiger partial charge < -0.3 is 16.0 Å². The molecule has 0 saturated heterocycles. The highest BCUT2D eigenvalue weighted by Gasteiger charge is 2.07. The van der Waals surface area contributed by atoms with Crippen LogP contribution in [0.1, 0.15) is 18.9 Å². The van der Waals surface area contributed by atoms with Gasteiger partial charge in [0.25, 0.3) is 0 Å². The fourth-order valence-corrected chi connectivity index (χ4v) is 1.22. The molecule has 1 heterocycles. The summed E-state index contributed by atoms with van der Waals surface area (Å²) in [4.78, 5) is 8.09. The lowest BCUT2D eigenvalue weighted by molar-refractivity contribution is 1.03. The van der Waals surface area contributed by atoms with E-state index in [2.05, 4.69) is 20.6 Å². The molecule has 0 bridgehead atoms. The van der Waals surface area contributed by atoms with Crippen molar-refractivity contribution in [2.24, 2.45) is 0 Å². The molecule has 1 aromatic rings. The second-order valence-electron chi connectivity index (χ2n) is 2.99. The molecule has 0 radical (unpaired) electrons. The van der Waals surface area contributed by atoms with Crippen molar-refractivity contribution in [1.82, 2.24) is 9.97 Å². The van der Waals surface area contributed by atoms with Crippen LogP contribution in [0.5, 0.6) is 0 Å². The largest absolute Gasteiger partial charge is 0.370 e. The molecule has 0 aliphatic heterocycles. The van der Waals surface area contributed by atoms with E-state index in [0.29, 0.717) is 30.2 Å². The van der Waals surface area contributed by atoms with E-state index in [0.717, 1.165) is 6.54 Å². The topological polar surface area (TPSA) is 97.5 Å². The highest BCUT2D eigenvalue weighted by molar-refractivity contribution is 5.90. The smallest absolute Gasteiger partial charge is 0.140 e. The summed E-state index contributed by atoms with van der Waals surface area (Å²) in [5.74, 6) is 1.21. The molecule has 16 heavy (non-hydrogen) atoms. The van der Waals surface area contributed by atoms with E-state index in [1.165, 1.54) is 12.5 Å². The molecule has 0 aliphatic rings. The van der Waals surface area contributed by atoms with Crippen LogP contribution in [0.25, 0.3) is 0 Å². The predicted molar refractivity (Wildman–Crippen MR) is 62.8 cm³/mol. The lowest BCUT2D eigenvalue weighted by atomic mass is 10.3. The number of aromatic nitrogens is 2. The molecular formula is C10H14N6. The van der Waals surface area contributed by atoms with Gasteiger partial charge in [0, 0.05) is 19.3 Å². The summed E-state index contributed by atoms with van der Waals surface area (Å²) in [6.45, 7) is 3.20. The number of nitrogens with one attached hydrogen (secondary N) is 3. The van der Waals surface area contributed by atoms with Crippen LogP contribution < -0.4 is 10.6 Å². The van der Waals surface area contributed by atoms with Crippen molar-refractivity contribution in [2.75, 3.05) is 23.7 Å². The molecule has 1 rings (SSSR count). The van der Waals surface area contributed by atoms with E-state index in [9.17, 15) is 0 Å². The average Bonchev–Trinajstić information content (AvgIpc) is 2.30. The molecule has 84 valence electrons. The minimum atomic E-state index is 0.401. The summed E-state index contributed by atoms with van der Waals surface area (Å²) in [6, 6.07) is 2.04. The van der Waals surface area contributed by atoms with Gasteiger partial charge in [0.2, 0.25) is 0 Å². The van der Waals surface area contributed by atoms with Crippen molar-refractivity contribution in [1.29, 1.82) is 10.7 Å². The Kier molecular flexibility index (Phi) is 4.73. The summed E-state index contributed by atoms with van der Waals surface area (Å²) >= 11 is 0. The van der Waals surface area contributed by atoms with Crippen molar-refractivity contribution >= 4 is 17.9 Å². The Hall–Kier alpha value is -2.16. The fraction of sp³-hybridized carbons (Fsp3) is 0.400. The number of nitrogens with zero attached hydrogens (tertiary/aromatic N) is 3. The van der Waals surface area contributed by atoms with Gasteiger partial charge in [-0.25, -0.2) is 9.97 Å². The summed E-state index contributed by atoms with van der Waals surface area (Å²) in [5.41, 5.74) is 0.613. The molecule has 0 aliphatic carbocycles. The van der Waals surface area contributed by atoms with E-state index in [1.54, 1.807) is 0 Å². The van der Waals surface area contributed by atoms with Gasteiger partial charge in [-0.3, -0.25) is 0 Å². The average molecular weight is 218 g/mol. The molecule has 0 unspecified atom stereocenters. The Morgan fingerprint density at radius 3 is 2.69 bits per heavy atom. The maximum Gasteiger partial charge on any atom is 0.140 e. The highest BCUT2D eigenvalue weighted by atomic mass is 15.1. The van der Waals surface area contributed by atoms with E-state index >= 15 is 0 Å². The predicted octanol–water partition coefficient (Wildman–Crippen LogP) is 1.23. The van der Waals surface area contributed by atoms with Crippen LogP contribution in [-0.4, -0.2) is 29.3 Å². The first-order chi connectivity index (χ1) is 7.83. The van der Waals surface area contributed by atoms with Crippen LogP contribution in [0.15, 0.2) is 6.33 Å². The summed E-state index contributed by atoms with van der Waals surface area (Å²) < 4.78 is 0. The summed E-state index contributed by atoms with van der Waals surface area (Å²) in [6.07, 6.45) is 3.03. The number of hydrogen-bond donors (Lipinski definition) is 3. The van der Waals surface area contributed by atoms with Gasteiger partial charge in [-0.2, -0.15) is 5.26 Å². The fourth-order valence-electron chi connectivity index (χ4n) is 1.22. The van der Waals surface area contributed by atoms with Crippen LogP contribution in [0.2, 0.25) is 0 Å². The van der Waals surface area contributed by atoms with Crippen LogP contribution in [0, 0.1) is 16.7 Å². The van der Waals surface area contributed by atoms with E-state index in [4.69, 9.17) is 10.7 Å². The van der Waals surface area contributed by atoms with E-state index in [-0.39, 0.29) is 0 Å². The molecule has 0 spiro atoms. The first kappa shape index (κ1) is 11.9. The minimum absolute atomic E-state index is 0.401. The molecule has 0 aromatic carbocycles. The van der Waals surface area contributed by atoms with Gasteiger partial charge in [0.05, 0.1) is 18.1 Å². The van der Waals surface area contributed by atoms with Crippen molar-refractivity contribution in [3.05, 3.63) is 11.9 Å². The van der Waals surface area contributed by atoms with Crippen molar-refractivity contribution in [3.8, 4) is 6.07 Å². The summed E-state index contributed by atoms with van der Waals surface area (Å²) in [5, 5.41) is 21.8. The Labute approximate surface area is 94.2 Å². The SMILES string of the molecule is CCNc1ncnc(NCCC#N)c1C=N. The van der Waals surface area contributed by atoms with Gasteiger partial charge in [-0.1, -0.05) is 0 Å².